The Morgan fingerprint density at radius 2 is 1.65 bits per heavy atom. The summed E-state index contributed by atoms with van der Waals surface area (Å²) in [6.07, 6.45) is 10.2. The highest BCUT2D eigenvalue weighted by atomic mass is 14.4. The molecule has 2 rings (SSSR count). The van der Waals surface area contributed by atoms with Crippen molar-refractivity contribution in [1.82, 2.24) is 0 Å². The lowest BCUT2D eigenvalue weighted by molar-refractivity contribution is 0.0862. The van der Waals surface area contributed by atoms with Crippen LogP contribution in [0.3, 0.4) is 0 Å². The Morgan fingerprint density at radius 1 is 0.941 bits per heavy atom. The molecule has 5 unspecified atom stereocenters. The largest absolute Gasteiger partial charge is 0.0999 e. The van der Waals surface area contributed by atoms with E-state index in [4.69, 9.17) is 0 Å². The fraction of sp³-hybridized carbons (Fsp3) is 0.882. The second kappa shape index (κ2) is 5.59. The molecule has 0 bridgehead atoms. The van der Waals surface area contributed by atoms with E-state index < -0.39 is 0 Å². The van der Waals surface area contributed by atoms with Gasteiger partial charge >= 0.3 is 0 Å². The molecular formula is C17H30. The summed E-state index contributed by atoms with van der Waals surface area (Å²) in [4.78, 5) is 0. The Morgan fingerprint density at radius 3 is 2.29 bits per heavy atom. The van der Waals surface area contributed by atoms with Gasteiger partial charge in [-0.25, -0.2) is 0 Å². The van der Waals surface area contributed by atoms with Gasteiger partial charge in [0.15, 0.2) is 0 Å². The first-order valence-electron chi connectivity index (χ1n) is 7.75. The molecule has 0 radical (unpaired) electrons. The normalized spacial score (nSPS) is 43.4. The minimum atomic E-state index is 0.838. The summed E-state index contributed by atoms with van der Waals surface area (Å²) in [5.41, 5.74) is 1.46. The van der Waals surface area contributed by atoms with Crippen LogP contribution >= 0.6 is 0 Å². The molecule has 0 saturated heterocycles. The van der Waals surface area contributed by atoms with Crippen LogP contribution in [-0.2, 0) is 0 Å². The lowest BCUT2D eigenvalue weighted by Crippen LogP contribution is -2.34. The van der Waals surface area contributed by atoms with Gasteiger partial charge in [0.2, 0.25) is 0 Å². The lowest BCUT2D eigenvalue weighted by atomic mass is 9.62. The molecule has 98 valence electrons. The van der Waals surface area contributed by atoms with E-state index in [1.807, 2.05) is 0 Å². The molecule has 2 aliphatic carbocycles. The molecule has 2 fully saturated rings. The molecule has 0 aromatic heterocycles. The third kappa shape index (κ3) is 2.95. The van der Waals surface area contributed by atoms with E-state index in [0.717, 1.165) is 29.6 Å². The monoisotopic (exact) mass is 234 g/mol. The fourth-order valence-corrected chi connectivity index (χ4v) is 4.61. The van der Waals surface area contributed by atoms with E-state index >= 15 is 0 Å². The molecule has 0 aromatic rings. The summed E-state index contributed by atoms with van der Waals surface area (Å²) in [7, 11) is 0. The standard InChI is InChI=1S/C17H30/c1-12(2)15-7-5-6-8-17(15)16-10-9-13(3)11-14(16)4/h13-17H,1,5-11H2,2-4H3. The molecule has 0 heterocycles. The maximum Gasteiger partial charge on any atom is -0.0178 e. The molecule has 0 aromatic carbocycles. The van der Waals surface area contributed by atoms with Crippen LogP contribution in [0, 0.1) is 29.6 Å². The predicted molar refractivity (Wildman–Crippen MR) is 75.9 cm³/mol. The summed E-state index contributed by atoms with van der Waals surface area (Å²) in [5, 5.41) is 0. The average Bonchev–Trinajstić information content (AvgIpc) is 2.29. The van der Waals surface area contributed by atoms with Crippen LogP contribution in [0.4, 0.5) is 0 Å². The predicted octanol–water partition coefficient (Wildman–Crippen LogP) is 5.44. The first-order valence-corrected chi connectivity index (χ1v) is 7.75. The van der Waals surface area contributed by atoms with E-state index in [-0.39, 0.29) is 0 Å². The van der Waals surface area contributed by atoms with Gasteiger partial charge in [0.05, 0.1) is 0 Å². The topological polar surface area (TPSA) is 0 Å². The summed E-state index contributed by atoms with van der Waals surface area (Å²) in [6.45, 7) is 11.5. The molecule has 2 aliphatic rings. The molecule has 0 amide bonds. The van der Waals surface area contributed by atoms with Crippen LogP contribution in [0.2, 0.25) is 0 Å². The SMILES string of the molecule is C=C(C)C1CCCCC1C1CCC(C)CC1C. The highest BCUT2D eigenvalue weighted by Gasteiger charge is 2.37. The summed E-state index contributed by atoms with van der Waals surface area (Å²) in [6, 6.07) is 0. The van der Waals surface area contributed by atoms with E-state index in [0.29, 0.717) is 0 Å². The highest BCUT2D eigenvalue weighted by Crippen LogP contribution is 2.47. The number of rotatable bonds is 2. The highest BCUT2D eigenvalue weighted by molar-refractivity contribution is 5.02. The van der Waals surface area contributed by atoms with Gasteiger partial charge in [0, 0.05) is 0 Å². The van der Waals surface area contributed by atoms with E-state index in [2.05, 4.69) is 27.4 Å². The van der Waals surface area contributed by atoms with Gasteiger partial charge in [-0.1, -0.05) is 45.3 Å². The molecule has 5 atom stereocenters. The van der Waals surface area contributed by atoms with Crippen molar-refractivity contribution in [2.75, 3.05) is 0 Å². The van der Waals surface area contributed by atoms with E-state index in [1.165, 1.54) is 50.5 Å². The van der Waals surface area contributed by atoms with Crippen molar-refractivity contribution in [1.29, 1.82) is 0 Å². The van der Waals surface area contributed by atoms with Crippen molar-refractivity contribution in [2.45, 2.75) is 65.7 Å². The zero-order valence-electron chi connectivity index (χ0n) is 12.0. The molecule has 0 heteroatoms. The molecule has 17 heavy (non-hydrogen) atoms. The van der Waals surface area contributed by atoms with Crippen LogP contribution in [0.5, 0.6) is 0 Å². The van der Waals surface area contributed by atoms with Crippen molar-refractivity contribution in [3.8, 4) is 0 Å². The van der Waals surface area contributed by atoms with Crippen LogP contribution in [0.1, 0.15) is 65.7 Å². The van der Waals surface area contributed by atoms with Crippen molar-refractivity contribution < 1.29 is 0 Å². The molecule has 0 N–H and O–H groups in total. The number of hydrogen-bond acceptors (Lipinski definition) is 0. The van der Waals surface area contributed by atoms with Gasteiger partial charge in [-0.15, -0.1) is 0 Å². The minimum Gasteiger partial charge on any atom is -0.0999 e. The first-order chi connectivity index (χ1) is 8.09. The van der Waals surface area contributed by atoms with Crippen molar-refractivity contribution in [2.24, 2.45) is 29.6 Å². The van der Waals surface area contributed by atoms with Gasteiger partial charge in [-0.05, 0) is 62.2 Å². The van der Waals surface area contributed by atoms with Crippen molar-refractivity contribution >= 4 is 0 Å². The third-order valence-electron chi connectivity index (χ3n) is 5.50. The van der Waals surface area contributed by atoms with Gasteiger partial charge in [-0.2, -0.15) is 0 Å². The summed E-state index contributed by atoms with van der Waals surface area (Å²) < 4.78 is 0. The van der Waals surface area contributed by atoms with E-state index in [9.17, 15) is 0 Å². The maximum absolute atomic E-state index is 4.26. The van der Waals surface area contributed by atoms with Gasteiger partial charge in [0.25, 0.3) is 0 Å². The smallest absolute Gasteiger partial charge is 0.0178 e. The second-order valence-electron chi connectivity index (χ2n) is 6.96. The van der Waals surface area contributed by atoms with Gasteiger partial charge in [-0.3, -0.25) is 0 Å². The Kier molecular flexibility index (Phi) is 4.33. The summed E-state index contributed by atoms with van der Waals surface area (Å²) in [5.74, 6) is 4.71. The zero-order valence-corrected chi connectivity index (χ0v) is 12.0. The second-order valence-corrected chi connectivity index (χ2v) is 6.96. The fourth-order valence-electron chi connectivity index (χ4n) is 4.61. The Balaban J connectivity index is 2.05. The first kappa shape index (κ1) is 13.2. The Hall–Kier alpha value is -0.260. The van der Waals surface area contributed by atoms with E-state index in [1.54, 1.807) is 0 Å². The summed E-state index contributed by atoms with van der Waals surface area (Å²) >= 11 is 0. The number of allylic oxidation sites excluding steroid dienone is 1. The Bertz CT molecular complexity index is 265. The van der Waals surface area contributed by atoms with Crippen LogP contribution in [-0.4, -0.2) is 0 Å². The minimum absolute atomic E-state index is 0.838. The van der Waals surface area contributed by atoms with Gasteiger partial charge < -0.3 is 0 Å². The van der Waals surface area contributed by atoms with Crippen LogP contribution in [0.15, 0.2) is 12.2 Å². The molecule has 0 spiro atoms. The van der Waals surface area contributed by atoms with Crippen LogP contribution in [0.25, 0.3) is 0 Å². The number of hydrogen-bond donors (Lipinski definition) is 0. The van der Waals surface area contributed by atoms with Crippen molar-refractivity contribution in [3.63, 3.8) is 0 Å². The Labute approximate surface area is 108 Å². The molecule has 2 saturated carbocycles. The maximum atomic E-state index is 4.26. The van der Waals surface area contributed by atoms with Crippen LogP contribution < -0.4 is 0 Å². The molecular weight excluding hydrogens is 204 g/mol. The lowest BCUT2D eigenvalue weighted by Gasteiger charge is -2.44. The molecule has 0 nitrogen and oxygen atoms in total. The average molecular weight is 234 g/mol. The zero-order chi connectivity index (χ0) is 12.4. The van der Waals surface area contributed by atoms with Crippen molar-refractivity contribution in [3.05, 3.63) is 12.2 Å². The van der Waals surface area contributed by atoms with Gasteiger partial charge in [0.1, 0.15) is 0 Å². The molecule has 0 aliphatic heterocycles. The quantitative estimate of drug-likeness (QED) is 0.558. The third-order valence-corrected chi connectivity index (χ3v) is 5.50.